The van der Waals surface area contributed by atoms with Crippen molar-refractivity contribution in [3.8, 4) is 11.1 Å². The Bertz CT molecular complexity index is 940. The first-order chi connectivity index (χ1) is 12.6. The maximum atomic E-state index is 12.5. The SMILES string of the molecule is CN1CCC(C(=O)Nc2cc(-c3ccc4c(c3)ncn4C)ccn2)CC1. The number of hydrogen-bond acceptors (Lipinski definition) is 4. The maximum Gasteiger partial charge on any atom is 0.228 e. The number of nitrogens with zero attached hydrogens (tertiary/aromatic N) is 4. The second-order valence-electron chi connectivity index (χ2n) is 7.06. The van der Waals surface area contributed by atoms with Gasteiger partial charge >= 0.3 is 0 Å². The Labute approximate surface area is 152 Å². The van der Waals surface area contributed by atoms with Crippen molar-refractivity contribution in [1.82, 2.24) is 19.4 Å². The summed E-state index contributed by atoms with van der Waals surface area (Å²) in [5.41, 5.74) is 4.14. The van der Waals surface area contributed by atoms with Gasteiger partial charge in [0, 0.05) is 19.2 Å². The Hall–Kier alpha value is -2.73. The summed E-state index contributed by atoms with van der Waals surface area (Å²) in [6, 6.07) is 10.1. The highest BCUT2D eigenvalue weighted by Crippen LogP contribution is 2.25. The van der Waals surface area contributed by atoms with Crippen LogP contribution < -0.4 is 5.32 Å². The maximum absolute atomic E-state index is 12.5. The standard InChI is InChI=1S/C20H23N5O/c1-24-9-6-14(7-10-24)20(26)23-19-12-16(5-8-21-19)15-3-4-18-17(11-15)22-13-25(18)2/h3-5,8,11-14H,6-7,9-10H2,1-2H3,(H,21,23,26). The molecule has 1 saturated heterocycles. The average molecular weight is 349 g/mol. The number of imidazole rings is 1. The van der Waals surface area contributed by atoms with Gasteiger partial charge in [-0.15, -0.1) is 0 Å². The summed E-state index contributed by atoms with van der Waals surface area (Å²) in [6.45, 7) is 1.94. The van der Waals surface area contributed by atoms with E-state index < -0.39 is 0 Å². The van der Waals surface area contributed by atoms with Crippen LogP contribution in [-0.4, -0.2) is 45.5 Å². The molecule has 0 bridgehead atoms. The minimum atomic E-state index is 0.0709. The molecule has 26 heavy (non-hydrogen) atoms. The normalized spacial score (nSPS) is 16.1. The smallest absolute Gasteiger partial charge is 0.228 e. The van der Waals surface area contributed by atoms with Crippen LogP contribution in [0.5, 0.6) is 0 Å². The molecule has 134 valence electrons. The number of pyridine rings is 1. The Morgan fingerprint density at radius 2 is 1.85 bits per heavy atom. The van der Waals surface area contributed by atoms with E-state index in [4.69, 9.17) is 0 Å². The highest BCUT2D eigenvalue weighted by molar-refractivity contribution is 5.92. The molecule has 4 rings (SSSR count). The zero-order valence-electron chi connectivity index (χ0n) is 15.1. The van der Waals surface area contributed by atoms with Crippen molar-refractivity contribution in [3.05, 3.63) is 42.9 Å². The van der Waals surface area contributed by atoms with Crippen molar-refractivity contribution >= 4 is 22.8 Å². The summed E-state index contributed by atoms with van der Waals surface area (Å²) in [4.78, 5) is 23.5. The highest BCUT2D eigenvalue weighted by Gasteiger charge is 2.23. The number of hydrogen-bond donors (Lipinski definition) is 1. The number of piperidine rings is 1. The van der Waals surface area contributed by atoms with Crippen LogP contribution >= 0.6 is 0 Å². The Balaban J connectivity index is 1.53. The highest BCUT2D eigenvalue weighted by atomic mass is 16.1. The van der Waals surface area contributed by atoms with Gasteiger partial charge in [-0.25, -0.2) is 9.97 Å². The topological polar surface area (TPSA) is 63.1 Å². The van der Waals surface area contributed by atoms with Gasteiger partial charge < -0.3 is 14.8 Å². The lowest BCUT2D eigenvalue weighted by Crippen LogP contribution is -2.36. The van der Waals surface area contributed by atoms with E-state index in [-0.39, 0.29) is 11.8 Å². The molecule has 0 unspecified atom stereocenters. The molecule has 3 heterocycles. The van der Waals surface area contributed by atoms with E-state index in [9.17, 15) is 4.79 Å². The van der Waals surface area contributed by atoms with Gasteiger partial charge in [0.25, 0.3) is 0 Å². The molecule has 3 aromatic rings. The number of carbonyl (C=O) groups is 1. The quantitative estimate of drug-likeness (QED) is 0.790. The van der Waals surface area contributed by atoms with Crippen LogP contribution in [-0.2, 0) is 11.8 Å². The number of aromatic nitrogens is 3. The number of likely N-dealkylation sites (tertiary alicyclic amines) is 1. The molecule has 2 aromatic heterocycles. The molecule has 1 aliphatic heterocycles. The van der Waals surface area contributed by atoms with Gasteiger partial charge in [-0.05, 0) is 68.4 Å². The number of anilines is 1. The molecule has 1 aromatic carbocycles. The number of nitrogens with one attached hydrogen (secondary N) is 1. The summed E-state index contributed by atoms with van der Waals surface area (Å²) in [7, 11) is 4.08. The molecule has 0 radical (unpaired) electrons. The van der Waals surface area contributed by atoms with Gasteiger partial charge in [0.2, 0.25) is 5.91 Å². The zero-order chi connectivity index (χ0) is 18.1. The Morgan fingerprint density at radius 1 is 1.08 bits per heavy atom. The monoisotopic (exact) mass is 349 g/mol. The van der Waals surface area contributed by atoms with Crippen LogP contribution in [0.2, 0.25) is 0 Å². The molecule has 1 fully saturated rings. The van der Waals surface area contributed by atoms with Crippen molar-refractivity contribution in [2.24, 2.45) is 13.0 Å². The third-order valence-electron chi connectivity index (χ3n) is 5.16. The molecular weight excluding hydrogens is 326 g/mol. The van der Waals surface area contributed by atoms with Gasteiger partial charge in [-0.3, -0.25) is 4.79 Å². The molecule has 0 spiro atoms. The predicted molar refractivity (Wildman–Crippen MR) is 103 cm³/mol. The molecule has 6 heteroatoms. The van der Waals surface area contributed by atoms with Crippen LogP contribution in [0, 0.1) is 5.92 Å². The van der Waals surface area contributed by atoms with E-state index in [2.05, 4.69) is 45.4 Å². The summed E-state index contributed by atoms with van der Waals surface area (Å²) < 4.78 is 2.00. The van der Waals surface area contributed by atoms with E-state index in [0.29, 0.717) is 5.82 Å². The first-order valence-corrected chi connectivity index (χ1v) is 8.97. The van der Waals surface area contributed by atoms with Gasteiger partial charge in [-0.1, -0.05) is 6.07 Å². The number of benzene rings is 1. The second-order valence-corrected chi connectivity index (χ2v) is 7.06. The molecular formula is C20H23N5O. The van der Waals surface area contributed by atoms with Crippen molar-refractivity contribution in [1.29, 1.82) is 0 Å². The Kier molecular flexibility index (Phi) is 4.42. The fourth-order valence-corrected chi connectivity index (χ4v) is 3.49. The minimum Gasteiger partial charge on any atom is -0.334 e. The van der Waals surface area contributed by atoms with Crippen molar-refractivity contribution in [2.75, 3.05) is 25.5 Å². The van der Waals surface area contributed by atoms with Crippen LogP contribution in [0.4, 0.5) is 5.82 Å². The number of fused-ring (bicyclic) bond motifs is 1. The number of aryl methyl sites for hydroxylation is 1. The van der Waals surface area contributed by atoms with E-state index in [1.807, 2.05) is 30.1 Å². The number of amides is 1. The van der Waals surface area contributed by atoms with Crippen molar-refractivity contribution in [3.63, 3.8) is 0 Å². The lowest BCUT2D eigenvalue weighted by Gasteiger charge is -2.27. The first kappa shape index (κ1) is 16.7. The van der Waals surface area contributed by atoms with E-state index in [0.717, 1.165) is 48.1 Å². The zero-order valence-corrected chi connectivity index (χ0v) is 15.1. The number of carbonyl (C=O) groups excluding carboxylic acids is 1. The number of rotatable bonds is 3. The van der Waals surface area contributed by atoms with Crippen LogP contribution in [0.3, 0.4) is 0 Å². The Morgan fingerprint density at radius 3 is 2.65 bits per heavy atom. The van der Waals surface area contributed by atoms with Gasteiger partial charge in [0.05, 0.1) is 17.4 Å². The summed E-state index contributed by atoms with van der Waals surface area (Å²) in [5, 5.41) is 2.99. The lowest BCUT2D eigenvalue weighted by atomic mass is 9.96. The van der Waals surface area contributed by atoms with Crippen molar-refractivity contribution in [2.45, 2.75) is 12.8 Å². The van der Waals surface area contributed by atoms with Gasteiger partial charge in [0.15, 0.2) is 0 Å². The molecule has 6 nitrogen and oxygen atoms in total. The van der Waals surface area contributed by atoms with E-state index in [1.54, 1.807) is 6.20 Å². The fraction of sp³-hybridized carbons (Fsp3) is 0.350. The van der Waals surface area contributed by atoms with E-state index >= 15 is 0 Å². The summed E-state index contributed by atoms with van der Waals surface area (Å²) in [6.07, 6.45) is 5.35. The minimum absolute atomic E-state index is 0.0709. The van der Waals surface area contributed by atoms with Crippen molar-refractivity contribution < 1.29 is 4.79 Å². The van der Waals surface area contributed by atoms with Crippen LogP contribution in [0.25, 0.3) is 22.2 Å². The molecule has 1 N–H and O–H groups in total. The summed E-state index contributed by atoms with van der Waals surface area (Å²) in [5.74, 6) is 0.747. The fourth-order valence-electron chi connectivity index (χ4n) is 3.49. The van der Waals surface area contributed by atoms with Crippen LogP contribution in [0.1, 0.15) is 12.8 Å². The van der Waals surface area contributed by atoms with Gasteiger partial charge in [-0.2, -0.15) is 0 Å². The first-order valence-electron chi connectivity index (χ1n) is 8.97. The predicted octanol–water partition coefficient (Wildman–Crippen LogP) is 2.92. The van der Waals surface area contributed by atoms with Gasteiger partial charge in [0.1, 0.15) is 5.82 Å². The largest absolute Gasteiger partial charge is 0.334 e. The third kappa shape index (κ3) is 3.32. The summed E-state index contributed by atoms with van der Waals surface area (Å²) >= 11 is 0. The molecule has 1 aliphatic rings. The average Bonchev–Trinajstić information content (AvgIpc) is 3.03. The third-order valence-corrected chi connectivity index (χ3v) is 5.16. The molecule has 0 atom stereocenters. The van der Waals surface area contributed by atoms with Crippen LogP contribution in [0.15, 0.2) is 42.9 Å². The lowest BCUT2D eigenvalue weighted by molar-refractivity contribution is -0.121. The van der Waals surface area contributed by atoms with E-state index in [1.165, 1.54) is 0 Å². The molecule has 0 saturated carbocycles. The second kappa shape index (κ2) is 6.88. The molecule has 1 amide bonds. The molecule has 0 aliphatic carbocycles.